The second kappa shape index (κ2) is 10.4. The summed E-state index contributed by atoms with van der Waals surface area (Å²) in [5.41, 5.74) is 8.42. The molecular formula is C42H24N4O2. The minimum Gasteiger partial charge on any atom is -0.456 e. The number of benzene rings is 6. The van der Waals surface area contributed by atoms with Gasteiger partial charge >= 0.3 is 0 Å². The molecule has 0 atom stereocenters. The maximum absolute atomic E-state index is 6.59. The van der Waals surface area contributed by atoms with Crippen LogP contribution in [0, 0.1) is 0 Å². The van der Waals surface area contributed by atoms with Gasteiger partial charge in [0.2, 0.25) is 0 Å². The number of pyridine rings is 1. The minimum absolute atomic E-state index is 0.534. The highest BCUT2D eigenvalue weighted by molar-refractivity contribution is 6.15. The van der Waals surface area contributed by atoms with Crippen molar-refractivity contribution >= 4 is 54.8 Å². The molecular weight excluding hydrogens is 592 g/mol. The molecule has 6 nitrogen and oxygen atoms in total. The van der Waals surface area contributed by atoms with Gasteiger partial charge in [-0.25, -0.2) is 15.0 Å². The van der Waals surface area contributed by atoms with Crippen molar-refractivity contribution in [1.82, 2.24) is 19.9 Å². The summed E-state index contributed by atoms with van der Waals surface area (Å²) in [4.78, 5) is 20.1. The Balaban J connectivity index is 1.26. The molecule has 4 heterocycles. The number of fused-ring (bicyclic) bond motifs is 7. The van der Waals surface area contributed by atoms with E-state index in [2.05, 4.69) is 60.7 Å². The van der Waals surface area contributed by atoms with Gasteiger partial charge in [-0.15, -0.1) is 0 Å². The first-order valence-electron chi connectivity index (χ1n) is 15.8. The average molecular weight is 617 g/mol. The highest BCUT2D eigenvalue weighted by Crippen LogP contribution is 2.42. The summed E-state index contributed by atoms with van der Waals surface area (Å²) in [5.74, 6) is 1.67. The van der Waals surface area contributed by atoms with Crippen molar-refractivity contribution in [3.8, 4) is 45.3 Å². The van der Waals surface area contributed by atoms with Crippen LogP contribution in [0.5, 0.6) is 0 Å². The Morgan fingerprint density at radius 3 is 2.02 bits per heavy atom. The first-order valence-corrected chi connectivity index (χ1v) is 15.8. The van der Waals surface area contributed by atoms with Crippen molar-refractivity contribution in [1.29, 1.82) is 0 Å². The summed E-state index contributed by atoms with van der Waals surface area (Å²) in [6.07, 6.45) is 1.79. The monoisotopic (exact) mass is 616 g/mol. The standard InChI is InChI=1S/C42H24N4O2/c1-2-11-26(12-3-1)40-44-41(31-15-8-17-34-36(31)30-14-6-7-16-33(30)47-34)46-42(45-40)32-22-21-29(28-20-19-25-10-4-5-13-27(25)24-28)39-37(32)38-35(48-39)18-9-23-43-38/h1-24H. The third kappa shape index (κ3) is 4.13. The molecule has 0 amide bonds. The Kier molecular flexibility index (Phi) is 5.77. The topological polar surface area (TPSA) is 77.8 Å². The van der Waals surface area contributed by atoms with E-state index in [1.807, 2.05) is 78.9 Å². The van der Waals surface area contributed by atoms with Crippen LogP contribution in [0.25, 0.3) is 100 Å². The first-order chi connectivity index (χ1) is 23.8. The summed E-state index contributed by atoms with van der Waals surface area (Å²) in [6, 6.07) is 47.0. The number of aromatic nitrogens is 4. The van der Waals surface area contributed by atoms with Gasteiger partial charge in [-0.2, -0.15) is 0 Å². The lowest BCUT2D eigenvalue weighted by atomic mass is 9.97. The molecule has 10 rings (SSSR count). The van der Waals surface area contributed by atoms with E-state index in [4.69, 9.17) is 28.8 Å². The molecule has 10 aromatic rings. The number of hydrogen-bond donors (Lipinski definition) is 0. The first kappa shape index (κ1) is 26.5. The van der Waals surface area contributed by atoms with Gasteiger partial charge in [0.25, 0.3) is 0 Å². The molecule has 0 bridgehead atoms. The van der Waals surface area contributed by atoms with Gasteiger partial charge in [0.15, 0.2) is 23.1 Å². The largest absolute Gasteiger partial charge is 0.456 e. The minimum atomic E-state index is 0.534. The van der Waals surface area contributed by atoms with Crippen molar-refractivity contribution in [2.24, 2.45) is 0 Å². The molecule has 0 N–H and O–H groups in total. The van der Waals surface area contributed by atoms with E-state index in [0.29, 0.717) is 23.1 Å². The zero-order valence-electron chi connectivity index (χ0n) is 25.5. The van der Waals surface area contributed by atoms with Crippen LogP contribution in [0.3, 0.4) is 0 Å². The van der Waals surface area contributed by atoms with E-state index in [1.54, 1.807) is 6.20 Å². The van der Waals surface area contributed by atoms with Gasteiger partial charge in [-0.3, -0.25) is 4.98 Å². The smallest absolute Gasteiger partial charge is 0.164 e. The van der Waals surface area contributed by atoms with E-state index < -0.39 is 0 Å². The third-order valence-corrected chi connectivity index (χ3v) is 8.99. The molecule has 0 saturated carbocycles. The normalized spacial score (nSPS) is 11.8. The number of nitrogens with zero attached hydrogens (tertiary/aromatic N) is 4. The van der Waals surface area contributed by atoms with Crippen LogP contribution < -0.4 is 0 Å². The fourth-order valence-electron chi connectivity index (χ4n) is 6.76. The molecule has 0 fully saturated rings. The average Bonchev–Trinajstić information content (AvgIpc) is 3.74. The lowest BCUT2D eigenvalue weighted by Crippen LogP contribution is -2.01. The van der Waals surface area contributed by atoms with Gasteiger partial charge in [0, 0.05) is 39.2 Å². The van der Waals surface area contributed by atoms with Crippen molar-refractivity contribution in [3.05, 3.63) is 146 Å². The molecule has 0 unspecified atom stereocenters. The fourth-order valence-corrected chi connectivity index (χ4v) is 6.76. The van der Waals surface area contributed by atoms with Gasteiger partial charge < -0.3 is 8.83 Å². The Hall–Kier alpha value is -6.66. The lowest BCUT2D eigenvalue weighted by molar-refractivity contribution is 0.668. The van der Waals surface area contributed by atoms with Crippen LogP contribution in [0.15, 0.2) is 155 Å². The van der Waals surface area contributed by atoms with Crippen LogP contribution in [0.2, 0.25) is 0 Å². The lowest BCUT2D eigenvalue weighted by Gasteiger charge is -2.11. The summed E-state index contributed by atoms with van der Waals surface area (Å²) in [6.45, 7) is 0. The van der Waals surface area contributed by atoms with E-state index >= 15 is 0 Å². The summed E-state index contributed by atoms with van der Waals surface area (Å²) in [5, 5.41) is 5.19. The Morgan fingerprint density at radius 1 is 0.417 bits per heavy atom. The number of furan rings is 2. The molecule has 0 aliphatic carbocycles. The highest BCUT2D eigenvalue weighted by atomic mass is 16.3. The van der Waals surface area contributed by atoms with Gasteiger partial charge in [0.05, 0.1) is 5.39 Å². The molecule has 4 aromatic heterocycles. The molecule has 48 heavy (non-hydrogen) atoms. The number of rotatable bonds is 4. The van der Waals surface area contributed by atoms with Crippen LogP contribution in [-0.2, 0) is 0 Å². The molecule has 0 aliphatic rings. The SMILES string of the molecule is c1ccc(-c2nc(-c3cccc4oc5ccccc5c34)nc(-c3ccc(-c4ccc5ccccc5c4)c4oc5cccnc5c34)n2)cc1. The van der Waals surface area contributed by atoms with Crippen molar-refractivity contribution in [2.75, 3.05) is 0 Å². The maximum Gasteiger partial charge on any atom is 0.164 e. The maximum atomic E-state index is 6.59. The summed E-state index contributed by atoms with van der Waals surface area (Å²) >= 11 is 0. The second-order valence-corrected chi connectivity index (χ2v) is 11.8. The highest BCUT2D eigenvalue weighted by Gasteiger charge is 2.22. The molecule has 224 valence electrons. The Morgan fingerprint density at radius 2 is 1.12 bits per heavy atom. The zero-order valence-corrected chi connectivity index (χ0v) is 25.5. The van der Waals surface area contributed by atoms with E-state index in [1.165, 1.54) is 5.39 Å². The van der Waals surface area contributed by atoms with Gasteiger partial charge in [-0.05, 0) is 58.8 Å². The second-order valence-electron chi connectivity index (χ2n) is 11.8. The van der Waals surface area contributed by atoms with E-state index in [0.717, 1.165) is 71.6 Å². The number of para-hydroxylation sites is 1. The molecule has 0 aliphatic heterocycles. The molecule has 6 aromatic carbocycles. The van der Waals surface area contributed by atoms with Crippen LogP contribution in [0.4, 0.5) is 0 Å². The van der Waals surface area contributed by atoms with Gasteiger partial charge in [-0.1, -0.05) is 97.1 Å². The summed E-state index contributed by atoms with van der Waals surface area (Å²) < 4.78 is 12.8. The quantitative estimate of drug-likeness (QED) is 0.196. The van der Waals surface area contributed by atoms with Crippen LogP contribution >= 0.6 is 0 Å². The van der Waals surface area contributed by atoms with Crippen molar-refractivity contribution < 1.29 is 8.83 Å². The number of hydrogen-bond acceptors (Lipinski definition) is 6. The van der Waals surface area contributed by atoms with E-state index in [-0.39, 0.29) is 0 Å². The van der Waals surface area contributed by atoms with Crippen LogP contribution in [0.1, 0.15) is 0 Å². The molecule has 0 spiro atoms. The zero-order chi connectivity index (χ0) is 31.6. The predicted octanol–water partition coefficient (Wildman–Crippen LogP) is 10.9. The molecule has 0 radical (unpaired) electrons. The Labute approximate surface area is 274 Å². The van der Waals surface area contributed by atoms with E-state index in [9.17, 15) is 0 Å². The summed E-state index contributed by atoms with van der Waals surface area (Å²) in [7, 11) is 0. The van der Waals surface area contributed by atoms with Crippen LogP contribution in [-0.4, -0.2) is 19.9 Å². The Bertz CT molecular complexity index is 2850. The third-order valence-electron chi connectivity index (χ3n) is 8.99. The molecule has 6 heteroatoms. The van der Waals surface area contributed by atoms with Gasteiger partial charge in [0.1, 0.15) is 22.3 Å². The predicted molar refractivity (Wildman–Crippen MR) is 191 cm³/mol. The fraction of sp³-hybridized carbons (Fsp3) is 0. The molecule has 0 saturated heterocycles. The van der Waals surface area contributed by atoms with Crippen molar-refractivity contribution in [3.63, 3.8) is 0 Å². The van der Waals surface area contributed by atoms with Crippen molar-refractivity contribution in [2.45, 2.75) is 0 Å².